The first-order valence-electron chi connectivity index (χ1n) is 9.74. The van der Waals surface area contributed by atoms with Crippen LogP contribution >= 0.6 is 7.92 Å². The maximum atomic E-state index is 6.01. The molecule has 0 spiro atoms. The van der Waals surface area contributed by atoms with E-state index in [0.717, 1.165) is 0 Å². The van der Waals surface area contributed by atoms with Crippen LogP contribution in [-0.4, -0.2) is 20.0 Å². The van der Waals surface area contributed by atoms with E-state index in [2.05, 4.69) is 97.1 Å². The molecule has 3 heteroatoms. The molecule has 0 bridgehead atoms. The van der Waals surface area contributed by atoms with Crippen LogP contribution in [0.3, 0.4) is 0 Å². The van der Waals surface area contributed by atoms with Gasteiger partial charge in [0.05, 0.1) is 5.92 Å². The minimum atomic E-state index is -0.838. The fourth-order valence-corrected chi connectivity index (χ4v) is 6.65. The lowest BCUT2D eigenvalue weighted by Crippen LogP contribution is -2.41. The molecule has 0 heterocycles. The van der Waals surface area contributed by atoms with Crippen molar-refractivity contribution in [2.24, 2.45) is 0 Å². The number of ether oxygens (including phenoxy) is 2. The zero-order valence-corrected chi connectivity index (χ0v) is 17.6. The van der Waals surface area contributed by atoms with E-state index in [0.29, 0.717) is 0 Å². The van der Waals surface area contributed by atoms with Gasteiger partial charge in [0.15, 0.2) is 5.79 Å². The van der Waals surface area contributed by atoms with Gasteiger partial charge in [-0.25, -0.2) is 0 Å². The summed E-state index contributed by atoms with van der Waals surface area (Å²) in [5.74, 6) is -0.884. The summed E-state index contributed by atoms with van der Waals surface area (Å²) in [7, 11) is 2.69. The Kier molecular flexibility index (Phi) is 6.06. The maximum Gasteiger partial charge on any atom is 0.198 e. The lowest BCUT2D eigenvalue weighted by molar-refractivity contribution is -0.179. The van der Waals surface area contributed by atoms with Crippen molar-refractivity contribution in [2.75, 3.05) is 14.2 Å². The van der Waals surface area contributed by atoms with Crippen molar-refractivity contribution in [3.05, 3.63) is 120 Å². The Bertz CT molecular complexity index is 937. The standard InChI is InChI=1S/C26H25O2P/c1-27-26(28-2)20-12-19-24(25(26)21-13-6-3-7-14-21)29(22-15-8-4-9-16-22)23-17-10-5-11-18-23/h3-20,25H,1-2H3. The average molecular weight is 400 g/mol. The summed E-state index contributed by atoms with van der Waals surface area (Å²) in [5.41, 5.74) is 1.19. The Balaban J connectivity index is 1.92. The number of hydrogen-bond donors (Lipinski definition) is 0. The molecule has 0 fully saturated rings. The molecule has 0 saturated heterocycles. The molecule has 146 valence electrons. The van der Waals surface area contributed by atoms with Crippen LogP contribution in [0.2, 0.25) is 0 Å². The van der Waals surface area contributed by atoms with Crippen LogP contribution in [0.1, 0.15) is 11.5 Å². The van der Waals surface area contributed by atoms with Gasteiger partial charge in [-0.05, 0) is 35.5 Å². The Labute approximate surface area is 174 Å². The van der Waals surface area contributed by atoms with Crippen molar-refractivity contribution in [3.8, 4) is 0 Å². The van der Waals surface area contributed by atoms with Crippen LogP contribution < -0.4 is 10.6 Å². The van der Waals surface area contributed by atoms with Crippen LogP contribution in [0.15, 0.2) is 115 Å². The molecule has 0 amide bonds. The summed E-state index contributed by atoms with van der Waals surface area (Å²) in [5, 5.41) is 3.95. The van der Waals surface area contributed by atoms with E-state index < -0.39 is 13.7 Å². The first kappa shape index (κ1) is 19.8. The minimum absolute atomic E-state index is 0.0461. The summed E-state index contributed by atoms with van der Waals surface area (Å²) in [6, 6.07) is 32.0. The van der Waals surface area contributed by atoms with E-state index in [1.807, 2.05) is 12.1 Å². The Hall–Kier alpha value is -2.51. The SMILES string of the molecule is COC1(OC)C=CC=C(P(c2ccccc2)c2ccccc2)C1c1ccccc1. The van der Waals surface area contributed by atoms with E-state index in [4.69, 9.17) is 9.47 Å². The second-order valence-corrected chi connectivity index (χ2v) is 9.15. The van der Waals surface area contributed by atoms with Crippen LogP contribution in [0, 0.1) is 0 Å². The Morgan fingerprint density at radius 3 is 1.66 bits per heavy atom. The molecule has 0 radical (unpaired) electrons. The highest BCUT2D eigenvalue weighted by molar-refractivity contribution is 7.76. The van der Waals surface area contributed by atoms with Gasteiger partial charge in [-0.1, -0.05) is 103 Å². The highest BCUT2D eigenvalue weighted by Crippen LogP contribution is 2.55. The van der Waals surface area contributed by atoms with Gasteiger partial charge >= 0.3 is 0 Å². The minimum Gasteiger partial charge on any atom is -0.349 e. The molecular weight excluding hydrogens is 375 g/mol. The zero-order chi connectivity index (χ0) is 20.1. The third-order valence-electron chi connectivity index (χ3n) is 5.35. The number of allylic oxidation sites excluding steroid dienone is 2. The second kappa shape index (κ2) is 8.88. The lowest BCUT2D eigenvalue weighted by Gasteiger charge is -2.42. The summed E-state index contributed by atoms with van der Waals surface area (Å²) >= 11 is 0. The van der Waals surface area contributed by atoms with Crippen LogP contribution in [0.5, 0.6) is 0 Å². The normalized spacial score (nSPS) is 17.9. The van der Waals surface area contributed by atoms with Crippen LogP contribution in [0.25, 0.3) is 0 Å². The molecule has 0 saturated carbocycles. The van der Waals surface area contributed by atoms with Crippen LogP contribution in [-0.2, 0) is 9.47 Å². The van der Waals surface area contributed by atoms with Gasteiger partial charge in [-0.15, -0.1) is 0 Å². The van der Waals surface area contributed by atoms with E-state index in [1.165, 1.54) is 21.5 Å². The molecular formula is C26H25O2P. The summed E-state index contributed by atoms with van der Waals surface area (Å²) in [6.45, 7) is 0. The second-order valence-electron chi connectivity index (χ2n) is 6.93. The van der Waals surface area contributed by atoms with Crippen molar-refractivity contribution < 1.29 is 9.47 Å². The third kappa shape index (κ3) is 3.84. The molecule has 0 N–H and O–H groups in total. The predicted octanol–water partition coefficient (Wildman–Crippen LogP) is 5.35. The highest BCUT2D eigenvalue weighted by atomic mass is 31.1. The van der Waals surface area contributed by atoms with Crippen molar-refractivity contribution in [1.29, 1.82) is 0 Å². The molecule has 1 atom stereocenters. The number of benzene rings is 3. The van der Waals surface area contributed by atoms with Gasteiger partial charge in [0.1, 0.15) is 0 Å². The molecule has 1 aliphatic carbocycles. The molecule has 29 heavy (non-hydrogen) atoms. The quantitative estimate of drug-likeness (QED) is 0.410. The topological polar surface area (TPSA) is 18.5 Å². The van der Waals surface area contributed by atoms with Crippen molar-refractivity contribution in [3.63, 3.8) is 0 Å². The summed E-state index contributed by atoms with van der Waals surface area (Å²) in [6.07, 6.45) is 6.35. The van der Waals surface area contributed by atoms with Gasteiger partial charge < -0.3 is 9.47 Å². The molecule has 0 aliphatic heterocycles. The molecule has 1 unspecified atom stereocenters. The molecule has 4 rings (SSSR count). The lowest BCUT2D eigenvalue weighted by atomic mass is 9.86. The van der Waals surface area contributed by atoms with E-state index in [-0.39, 0.29) is 5.92 Å². The Morgan fingerprint density at radius 1 is 0.690 bits per heavy atom. The summed E-state index contributed by atoms with van der Waals surface area (Å²) in [4.78, 5) is 0. The molecule has 3 aromatic rings. The molecule has 1 aliphatic rings. The van der Waals surface area contributed by atoms with Gasteiger partial charge in [0, 0.05) is 14.2 Å². The molecule has 2 nitrogen and oxygen atoms in total. The number of rotatable bonds is 6. The van der Waals surface area contributed by atoms with Crippen LogP contribution in [0.4, 0.5) is 0 Å². The van der Waals surface area contributed by atoms with E-state index in [9.17, 15) is 0 Å². The first-order chi connectivity index (χ1) is 14.3. The van der Waals surface area contributed by atoms with Gasteiger partial charge in [-0.2, -0.15) is 0 Å². The van der Waals surface area contributed by atoms with Crippen molar-refractivity contribution in [1.82, 2.24) is 0 Å². The van der Waals surface area contributed by atoms with E-state index in [1.54, 1.807) is 14.2 Å². The molecule has 3 aromatic carbocycles. The zero-order valence-electron chi connectivity index (χ0n) is 16.7. The fraction of sp³-hybridized carbons (Fsp3) is 0.154. The van der Waals surface area contributed by atoms with Gasteiger partial charge in [0.2, 0.25) is 0 Å². The highest BCUT2D eigenvalue weighted by Gasteiger charge is 2.44. The summed E-state index contributed by atoms with van der Waals surface area (Å²) < 4.78 is 12.0. The monoisotopic (exact) mass is 400 g/mol. The average Bonchev–Trinajstić information content (AvgIpc) is 2.81. The number of hydrogen-bond acceptors (Lipinski definition) is 2. The third-order valence-corrected chi connectivity index (χ3v) is 7.90. The Morgan fingerprint density at radius 2 is 1.17 bits per heavy atom. The predicted molar refractivity (Wildman–Crippen MR) is 122 cm³/mol. The smallest absolute Gasteiger partial charge is 0.198 e. The van der Waals surface area contributed by atoms with Crippen molar-refractivity contribution in [2.45, 2.75) is 11.7 Å². The largest absolute Gasteiger partial charge is 0.349 e. The maximum absolute atomic E-state index is 6.01. The van der Waals surface area contributed by atoms with Crippen molar-refractivity contribution >= 4 is 18.5 Å². The van der Waals surface area contributed by atoms with Gasteiger partial charge in [0.25, 0.3) is 0 Å². The molecule has 0 aromatic heterocycles. The number of methoxy groups -OCH3 is 2. The first-order valence-corrected chi connectivity index (χ1v) is 11.1. The fourth-order valence-electron chi connectivity index (χ4n) is 3.99. The van der Waals surface area contributed by atoms with Gasteiger partial charge in [-0.3, -0.25) is 0 Å². The van der Waals surface area contributed by atoms with E-state index >= 15 is 0 Å².